The first-order valence-corrected chi connectivity index (χ1v) is 9.83. The summed E-state index contributed by atoms with van der Waals surface area (Å²) in [6, 6.07) is 12.6. The summed E-state index contributed by atoms with van der Waals surface area (Å²) in [6.07, 6.45) is 7.83. The molecule has 0 saturated heterocycles. The number of nitrogens with zero attached hydrogens (tertiary/aromatic N) is 1. The summed E-state index contributed by atoms with van der Waals surface area (Å²) in [4.78, 5) is 4.51. The lowest BCUT2D eigenvalue weighted by atomic mass is 10.0. The van der Waals surface area contributed by atoms with E-state index in [1.165, 1.54) is 0 Å². The molecular weight excluding hydrogens is 368 g/mol. The topological polar surface area (TPSA) is 33.1 Å². The van der Waals surface area contributed by atoms with Gasteiger partial charge in [0.2, 0.25) is 0 Å². The highest BCUT2D eigenvalue weighted by Crippen LogP contribution is 2.28. The monoisotopic (exact) mass is 393 g/mol. The zero-order chi connectivity index (χ0) is 20.8. The number of pyridine rings is 1. The third kappa shape index (κ3) is 5.15. The molecule has 1 N–H and O–H groups in total. The molecular formula is C25H25F2NO. The third-order valence-electron chi connectivity index (χ3n) is 4.81. The molecule has 150 valence electrons. The van der Waals surface area contributed by atoms with Gasteiger partial charge < -0.3 is 5.11 Å². The number of aliphatic hydroxyl groups excluding tert-OH is 1. The Hall–Kier alpha value is -2.85. The molecule has 0 fully saturated rings. The Bertz CT molecular complexity index is 1040. The number of rotatable bonds is 8. The molecule has 0 bridgehead atoms. The number of unbranched alkanes of at least 4 members (excludes halogenated alkanes) is 1. The zero-order valence-corrected chi connectivity index (χ0v) is 16.5. The van der Waals surface area contributed by atoms with Crippen LogP contribution in [0.1, 0.15) is 37.3 Å². The first-order chi connectivity index (χ1) is 14.0. The predicted octanol–water partition coefficient (Wildman–Crippen LogP) is 6.47. The number of hydrogen-bond acceptors (Lipinski definition) is 2. The van der Waals surface area contributed by atoms with Crippen molar-refractivity contribution in [1.29, 1.82) is 0 Å². The van der Waals surface area contributed by atoms with Crippen molar-refractivity contribution in [3.8, 4) is 11.3 Å². The van der Waals surface area contributed by atoms with E-state index in [2.05, 4.69) is 11.6 Å². The maximum Gasteiger partial charge on any atom is 0.168 e. The summed E-state index contributed by atoms with van der Waals surface area (Å²) in [7, 11) is 0. The molecule has 1 aromatic heterocycles. The average Bonchev–Trinajstić information content (AvgIpc) is 2.70. The van der Waals surface area contributed by atoms with Crippen LogP contribution >= 0.6 is 0 Å². The van der Waals surface area contributed by atoms with Gasteiger partial charge in [0.15, 0.2) is 11.6 Å². The molecule has 0 aliphatic rings. The normalized spacial score (nSPS) is 12.6. The molecule has 3 aromatic rings. The van der Waals surface area contributed by atoms with E-state index in [0.29, 0.717) is 18.5 Å². The fourth-order valence-electron chi connectivity index (χ4n) is 3.25. The number of benzene rings is 2. The van der Waals surface area contributed by atoms with Crippen LogP contribution in [0, 0.1) is 11.6 Å². The van der Waals surface area contributed by atoms with Gasteiger partial charge in [-0.2, -0.15) is 0 Å². The standard InChI is InChI=1S/C25H25F2NO/c1-3-7-18-10-14-22-20(16-18)12-15-23(28-22)21-13-11-19(24(26)25(21)27)9-6-4-5-8-17(2)29/h3,6,9-17,29H,1,4-5,7-8H2,2H3. The van der Waals surface area contributed by atoms with Gasteiger partial charge in [-0.1, -0.05) is 36.4 Å². The van der Waals surface area contributed by atoms with Crippen LogP contribution in [0.3, 0.4) is 0 Å². The van der Waals surface area contributed by atoms with Crippen molar-refractivity contribution < 1.29 is 13.9 Å². The minimum atomic E-state index is -0.897. The van der Waals surface area contributed by atoms with Gasteiger partial charge >= 0.3 is 0 Å². The lowest BCUT2D eigenvalue weighted by molar-refractivity contribution is 0.182. The van der Waals surface area contributed by atoms with Crippen LogP contribution in [0.15, 0.2) is 61.2 Å². The van der Waals surface area contributed by atoms with Crippen molar-refractivity contribution in [3.05, 3.63) is 84.0 Å². The van der Waals surface area contributed by atoms with Crippen molar-refractivity contribution in [2.45, 2.75) is 38.7 Å². The van der Waals surface area contributed by atoms with Gasteiger partial charge in [0.05, 0.1) is 17.3 Å². The Morgan fingerprint density at radius 2 is 1.93 bits per heavy atom. The molecule has 2 aromatic carbocycles. The van der Waals surface area contributed by atoms with Gasteiger partial charge in [0.25, 0.3) is 0 Å². The maximum absolute atomic E-state index is 14.7. The van der Waals surface area contributed by atoms with Crippen molar-refractivity contribution in [2.24, 2.45) is 0 Å². The van der Waals surface area contributed by atoms with Crippen LogP contribution in [0.5, 0.6) is 0 Å². The molecule has 0 spiro atoms. The quantitative estimate of drug-likeness (QED) is 0.351. The number of hydrogen-bond donors (Lipinski definition) is 1. The predicted molar refractivity (Wildman–Crippen MR) is 116 cm³/mol. The second kappa shape index (κ2) is 9.57. The molecule has 0 radical (unpaired) electrons. The lowest BCUT2D eigenvalue weighted by Gasteiger charge is -2.08. The fraction of sp³-hybridized carbons (Fsp3) is 0.240. The summed E-state index contributed by atoms with van der Waals surface area (Å²) >= 11 is 0. The Balaban J connectivity index is 1.83. The van der Waals surface area contributed by atoms with Crippen molar-refractivity contribution in [3.63, 3.8) is 0 Å². The van der Waals surface area contributed by atoms with Crippen LogP contribution in [0.2, 0.25) is 0 Å². The number of allylic oxidation sites excluding steroid dienone is 2. The van der Waals surface area contributed by atoms with Crippen molar-refractivity contribution in [2.75, 3.05) is 0 Å². The van der Waals surface area contributed by atoms with Crippen LogP contribution < -0.4 is 0 Å². The van der Waals surface area contributed by atoms with Crippen molar-refractivity contribution >= 4 is 17.0 Å². The molecule has 0 aliphatic heterocycles. The summed E-state index contributed by atoms with van der Waals surface area (Å²) in [5, 5.41) is 10.2. The van der Waals surface area contributed by atoms with Crippen LogP contribution in [0.25, 0.3) is 28.2 Å². The van der Waals surface area contributed by atoms with Gasteiger partial charge in [0, 0.05) is 16.5 Å². The van der Waals surface area contributed by atoms with Gasteiger partial charge in [-0.15, -0.1) is 6.58 Å². The highest BCUT2D eigenvalue weighted by Gasteiger charge is 2.14. The second-order valence-electron chi connectivity index (χ2n) is 7.23. The fourth-order valence-corrected chi connectivity index (χ4v) is 3.25. The number of aliphatic hydroxyl groups is 1. The third-order valence-corrected chi connectivity index (χ3v) is 4.81. The first-order valence-electron chi connectivity index (χ1n) is 9.83. The van der Waals surface area contributed by atoms with Gasteiger partial charge in [-0.25, -0.2) is 13.8 Å². The van der Waals surface area contributed by atoms with E-state index >= 15 is 0 Å². The summed E-state index contributed by atoms with van der Waals surface area (Å²) < 4.78 is 29.2. The highest BCUT2D eigenvalue weighted by molar-refractivity contribution is 5.82. The van der Waals surface area contributed by atoms with E-state index in [1.807, 2.05) is 30.3 Å². The van der Waals surface area contributed by atoms with Crippen LogP contribution in [-0.2, 0) is 6.42 Å². The molecule has 0 saturated carbocycles. The van der Waals surface area contributed by atoms with E-state index in [9.17, 15) is 13.9 Å². The summed E-state index contributed by atoms with van der Waals surface area (Å²) in [5.74, 6) is -1.77. The van der Waals surface area contributed by atoms with E-state index in [1.54, 1.807) is 37.3 Å². The smallest absolute Gasteiger partial charge is 0.168 e. The summed E-state index contributed by atoms with van der Waals surface area (Å²) in [6.45, 7) is 5.48. The molecule has 1 heterocycles. The van der Waals surface area contributed by atoms with Crippen LogP contribution in [0.4, 0.5) is 8.78 Å². The molecule has 3 rings (SSSR count). The Morgan fingerprint density at radius 3 is 2.69 bits per heavy atom. The molecule has 4 heteroatoms. The Morgan fingerprint density at radius 1 is 1.10 bits per heavy atom. The minimum Gasteiger partial charge on any atom is -0.393 e. The number of fused-ring (bicyclic) bond motifs is 1. The molecule has 1 atom stereocenters. The maximum atomic E-state index is 14.7. The van der Waals surface area contributed by atoms with E-state index in [4.69, 9.17) is 0 Å². The Labute approximate surface area is 170 Å². The van der Waals surface area contributed by atoms with E-state index in [-0.39, 0.29) is 17.2 Å². The highest BCUT2D eigenvalue weighted by atomic mass is 19.2. The molecule has 0 amide bonds. The molecule has 2 nitrogen and oxygen atoms in total. The van der Waals surface area contributed by atoms with E-state index in [0.717, 1.165) is 29.3 Å². The van der Waals surface area contributed by atoms with Crippen molar-refractivity contribution in [1.82, 2.24) is 4.98 Å². The van der Waals surface area contributed by atoms with Gasteiger partial charge in [-0.3, -0.25) is 0 Å². The molecule has 1 unspecified atom stereocenters. The SMILES string of the molecule is C=CCc1ccc2nc(-c3ccc(C=CCCCC(C)O)c(F)c3F)ccc2c1. The number of aromatic nitrogens is 1. The van der Waals surface area contributed by atoms with Gasteiger partial charge in [0.1, 0.15) is 0 Å². The first kappa shape index (κ1) is 20.9. The van der Waals surface area contributed by atoms with Crippen LogP contribution in [-0.4, -0.2) is 16.2 Å². The average molecular weight is 393 g/mol. The molecule has 29 heavy (non-hydrogen) atoms. The Kier molecular flexibility index (Phi) is 6.89. The summed E-state index contributed by atoms with van der Waals surface area (Å²) in [5.41, 5.74) is 2.61. The minimum absolute atomic E-state index is 0.144. The lowest BCUT2D eigenvalue weighted by Crippen LogP contribution is -1.97. The largest absolute Gasteiger partial charge is 0.393 e. The number of halogens is 2. The molecule has 0 aliphatic carbocycles. The zero-order valence-electron chi connectivity index (χ0n) is 16.5. The van der Waals surface area contributed by atoms with E-state index < -0.39 is 11.6 Å². The second-order valence-corrected chi connectivity index (χ2v) is 7.23. The van der Waals surface area contributed by atoms with Gasteiger partial charge in [-0.05, 0) is 62.4 Å².